The molecular formula is C22H25Cl2NO2. The second-order valence-corrected chi connectivity index (χ2v) is 8.02. The maximum Gasteiger partial charge on any atom is 0.223 e. The SMILES string of the molecule is Clc1ccccc1.O=C1CCC[C@@H](c2ccc(Cl)cc2)N1C(CO)C1CC1. The van der Waals surface area contributed by atoms with Gasteiger partial charge in [-0.05, 0) is 61.4 Å². The number of rotatable bonds is 4. The van der Waals surface area contributed by atoms with E-state index in [9.17, 15) is 9.90 Å². The van der Waals surface area contributed by atoms with E-state index in [2.05, 4.69) is 0 Å². The normalized spacial score (nSPS) is 20.6. The zero-order chi connectivity index (χ0) is 19.2. The Hall–Kier alpha value is -1.55. The highest BCUT2D eigenvalue weighted by atomic mass is 35.5. The fourth-order valence-corrected chi connectivity index (χ4v) is 3.95. The van der Waals surface area contributed by atoms with Gasteiger partial charge in [-0.3, -0.25) is 4.79 Å². The Morgan fingerprint density at radius 2 is 1.59 bits per heavy atom. The summed E-state index contributed by atoms with van der Waals surface area (Å²) in [6, 6.07) is 17.3. The second-order valence-electron chi connectivity index (χ2n) is 7.14. The van der Waals surface area contributed by atoms with Gasteiger partial charge in [0.05, 0.1) is 18.7 Å². The van der Waals surface area contributed by atoms with Gasteiger partial charge in [0.15, 0.2) is 0 Å². The van der Waals surface area contributed by atoms with Crippen LogP contribution in [-0.2, 0) is 4.79 Å². The lowest BCUT2D eigenvalue weighted by Crippen LogP contribution is -2.48. The van der Waals surface area contributed by atoms with E-state index in [1.807, 2.05) is 59.5 Å². The molecule has 0 bridgehead atoms. The van der Waals surface area contributed by atoms with Crippen LogP contribution in [0.4, 0.5) is 0 Å². The first kappa shape index (κ1) is 20.2. The molecule has 2 atom stereocenters. The van der Waals surface area contributed by atoms with Crippen molar-refractivity contribution in [2.45, 2.75) is 44.2 Å². The molecule has 1 saturated heterocycles. The first-order valence-electron chi connectivity index (χ1n) is 9.48. The first-order chi connectivity index (χ1) is 13.1. The minimum absolute atomic E-state index is 0.0107. The maximum absolute atomic E-state index is 12.4. The molecule has 2 aliphatic rings. The summed E-state index contributed by atoms with van der Waals surface area (Å²) in [4.78, 5) is 14.3. The largest absolute Gasteiger partial charge is 0.394 e. The summed E-state index contributed by atoms with van der Waals surface area (Å²) in [6.45, 7) is 0.0699. The standard InChI is InChI=1S/C16H20ClNO2.C6H5Cl/c17-13-8-6-11(7-9-13)14-2-1-3-16(20)18(14)15(10-19)12-4-5-12;7-6-4-2-1-3-5-6/h6-9,12,14-15,19H,1-5,10H2;1-5H/t14-,15?;/m0./s1. The average Bonchev–Trinajstić information content (AvgIpc) is 3.51. The fraction of sp³-hybridized carbons (Fsp3) is 0.409. The molecule has 3 nitrogen and oxygen atoms in total. The lowest BCUT2D eigenvalue weighted by atomic mass is 9.92. The molecule has 1 N–H and O–H groups in total. The predicted octanol–water partition coefficient (Wildman–Crippen LogP) is 5.50. The Labute approximate surface area is 170 Å². The van der Waals surface area contributed by atoms with Gasteiger partial charge in [-0.2, -0.15) is 0 Å². The van der Waals surface area contributed by atoms with Gasteiger partial charge in [-0.15, -0.1) is 0 Å². The van der Waals surface area contributed by atoms with Crippen molar-refractivity contribution in [1.29, 1.82) is 0 Å². The molecule has 5 heteroatoms. The Kier molecular flexibility index (Phi) is 7.17. The van der Waals surface area contributed by atoms with Crippen LogP contribution in [0.3, 0.4) is 0 Å². The van der Waals surface area contributed by atoms with Crippen molar-refractivity contribution >= 4 is 29.1 Å². The van der Waals surface area contributed by atoms with E-state index in [1.165, 1.54) is 0 Å². The lowest BCUT2D eigenvalue weighted by molar-refractivity contribution is -0.141. The molecule has 2 aromatic carbocycles. The van der Waals surface area contributed by atoms with Gasteiger partial charge in [0.2, 0.25) is 5.91 Å². The fourth-order valence-electron chi connectivity index (χ4n) is 3.68. The van der Waals surface area contributed by atoms with E-state index < -0.39 is 0 Å². The number of carbonyl (C=O) groups excluding carboxylic acids is 1. The minimum atomic E-state index is -0.0107. The highest BCUT2D eigenvalue weighted by molar-refractivity contribution is 6.30. The second kappa shape index (κ2) is 9.59. The third kappa shape index (κ3) is 5.47. The van der Waals surface area contributed by atoms with Gasteiger partial charge in [0.1, 0.15) is 0 Å². The number of piperidine rings is 1. The van der Waals surface area contributed by atoms with Crippen molar-refractivity contribution in [2.75, 3.05) is 6.61 Å². The van der Waals surface area contributed by atoms with Crippen LogP contribution in [0.1, 0.15) is 43.7 Å². The summed E-state index contributed by atoms with van der Waals surface area (Å²) >= 11 is 11.5. The zero-order valence-corrected chi connectivity index (χ0v) is 16.7. The van der Waals surface area contributed by atoms with Crippen LogP contribution in [0.25, 0.3) is 0 Å². The number of likely N-dealkylation sites (tertiary alicyclic amines) is 1. The highest BCUT2D eigenvalue weighted by Gasteiger charge is 2.41. The summed E-state index contributed by atoms with van der Waals surface area (Å²) in [6.07, 6.45) is 4.75. The van der Waals surface area contributed by atoms with Crippen molar-refractivity contribution < 1.29 is 9.90 Å². The van der Waals surface area contributed by atoms with Gasteiger partial charge < -0.3 is 10.0 Å². The van der Waals surface area contributed by atoms with E-state index in [-0.39, 0.29) is 24.6 Å². The topological polar surface area (TPSA) is 40.5 Å². The summed E-state index contributed by atoms with van der Waals surface area (Å²) in [5.74, 6) is 0.666. The summed E-state index contributed by atoms with van der Waals surface area (Å²) < 4.78 is 0. The molecule has 0 radical (unpaired) electrons. The van der Waals surface area contributed by atoms with Gasteiger partial charge in [-0.25, -0.2) is 0 Å². The third-order valence-electron chi connectivity index (χ3n) is 5.19. The number of aliphatic hydroxyl groups excluding tert-OH is 1. The third-order valence-corrected chi connectivity index (χ3v) is 5.69. The van der Waals surface area contributed by atoms with Gasteiger partial charge in [0, 0.05) is 16.5 Å². The number of benzene rings is 2. The summed E-state index contributed by atoms with van der Waals surface area (Å²) in [5.41, 5.74) is 1.13. The average molecular weight is 406 g/mol. The van der Waals surface area contributed by atoms with Crippen molar-refractivity contribution in [1.82, 2.24) is 4.90 Å². The Bertz CT molecular complexity index is 732. The van der Waals surface area contributed by atoms with Crippen LogP contribution in [0.15, 0.2) is 54.6 Å². The van der Waals surface area contributed by atoms with Gasteiger partial charge >= 0.3 is 0 Å². The van der Waals surface area contributed by atoms with Gasteiger partial charge in [-0.1, -0.05) is 53.5 Å². The van der Waals surface area contributed by atoms with Crippen molar-refractivity contribution in [3.05, 3.63) is 70.2 Å². The molecule has 2 aromatic rings. The molecule has 0 spiro atoms. The van der Waals surface area contributed by atoms with E-state index in [0.717, 1.165) is 36.3 Å². The quantitative estimate of drug-likeness (QED) is 0.728. The number of amides is 1. The molecule has 1 heterocycles. The zero-order valence-electron chi connectivity index (χ0n) is 15.2. The Morgan fingerprint density at radius 1 is 0.963 bits per heavy atom. The molecule has 1 aliphatic carbocycles. The van der Waals surface area contributed by atoms with Crippen LogP contribution in [0, 0.1) is 5.92 Å². The molecule has 1 unspecified atom stereocenters. The van der Waals surface area contributed by atoms with Crippen LogP contribution >= 0.6 is 23.2 Å². The number of hydrogen-bond donors (Lipinski definition) is 1. The first-order valence-corrected chi connectivity index (χ1v) is 10.2. The predicted molar refractivity (Wildman–Crippen MR) is 110 cm³/mol. The molecule has 1 amide bonds. The number of aliphatic hydroxyl groups is 1. The molecule has 0 aromatic heterocycles. The van der Waals surface area contributed by atoms with Crippen LogP contribution in [-0.4, -0.2) is 28.6 Å². The molecule has 144 valence electrons. The molecule has 1 aliphatic heterocycles. The van der Waals surface area contributed by atoms with E-state index >= 15 is 0 Å². The molecular weight excluding hydrogens is 381 g/mol. The van der Waals surface area contributed by atoms with Crippen LogP contribution in [0.5, 0.6) is 0 Å². The summed E-state index contributed by atoms with van der Waals surface area (Å²) in [5, 5.41) is 11.2. The number of carbonyl (C=O) groups is 1. The van der Waals surface area contributed by atoms with Gasteiger partial charge in [0.25, 0.3) is 0 Å². The highest BCUT2D eigenvalue weighted by Crippen LogP contribution is 2.41. The molecule has 2 fully saturated rings. The monoisotopic (exact) mass is 405 g/mol. The summed E-state index contributed by atoms with van der Waals surface area (Å²) in [7, 11) is 0. The van der Waals surface area contributed by atoms with Crippen LogP contribution in [0.2, 0.25) is 10.0 Å². The molecule has 27 heavy (non-hydrogen) atoms. The van der Waals surface area contributed by atoms with Crippen molar-refractivity contribution in [2.24, 2.45) is 5.92 Å². The van der Waals surface area contributed by atoms with Crippen LogP contribution < -0.4 is 0 Å². The minimum Gasteiger partial charge on any atom is -0.394 e. The van der Waals surface area contributed by atoms with E-state index in [1.54, 1.807) is 0 Å². The maximum atomic E-state index is 12.4. The van der Waals surface area contributed by atoms with Crippen molar-refractivity contribution in [3.63, 3.8) is 0 Å². The number of nitrogens with zero attached hydrogens (tertiary/aromatic N) is 1. The Balaban J connectivity index is 0.000000253. The molecule has 1 saturated carbocycles. The smallest absolute Gasteiger partial charge is 0.223 e. The number of hydrogen-bond acceptors (Lipinski definition) is 2. The van der Waals surface area contributed by atoms with E-state index in [4.69, 9.17) is 23.2 Å². The Morgan fingerprint density at radius 3 is 2.11 bits per heavy atom. The van der Waals surface area contributed by atoms with E-state index in [0.29, 0.717) is 17.4 Å². The lowest BCUT2D eigenvalue weighted by Gasteiger charge is -2.41. The molecule has 4 rings (SSSR count). The van der Waals surface area contributed by atoms with Crippen molar-refractivity contribution in [3.8, 4) is 0 Å². The number of halogens is 2.